The van der Waals surface area contributed by atoms with Crippen molar-refractivity contribution in [2.24, 2.45) is 5.41 Å². The molecule has 23 heavy (non-hydrogen) atoms. The second kappa shape index (κ2) is 5.84. The highest BCUT2D eigenvalue weighted by Crippen LogP contribution is 2.31. The minimum Gasteiger partial charge on any atom is -0.322 e. The quantitative estimate of drug-likeness (QED) is 0.846. The number of amides is 1. The maximum atomic E-state index is 12.3. The number of aromatic nitrogens is 2. The van der Waals surface area contributed by atoms with Crippen LogP contribution in [0, 0.1) is 12.3 Å². The number of carbonyl (C=O) groups is 1. The molecule has 2 aromatic rings. The van der Waals surface area contributed by atoms with E-state index in [1.54, 1.807) is 0 Å². The number of aromatic amines is 1. The molecular formula is C19H27N3O. The number of carbonyl (C=O) groups excluding carboxylic acids is 1. The second-order valence-electron chi connectivity index (χ2n) is 8.10. The molecule has 0 radical (unpaired) electrons. The van der Waals surface area contributed by atoms with Gasteiger partial charge in [-0.25, -0.2) is 0 Å². The fourth-order valence-electron chi connectivity index (χ4n) is 2.22. The van der Waals surface area contributed by atoms with Gasteiger partial charge in [0.1, 0.15) is 5.69 Å². The van der Waals surface area contributed by atoms with Crippen LogP contribution < -0.4 is 5.32 Å². The number of hydrogen-bond donors (Lipinski definition) is 2. The summed E-state index contributed by atoms with van der Waals surface area (Å²) in [6, 6.07) is 8.36. The van der Waals surface area contributed by atoms with Gasteiger partial charge in [-0.15, -0.1) is 0 Å². The molecule has 0 unspecified atom stereocenters. The fourth-order valence-corrected chi connectivity index (χ4v) is 2.22. The van der Waals surface area contributed by atoms with Gasteiger partial charge in [-0.3, -0.25) is 9.89 Å². The van der Waals surface area contributed by atoms with Gasteiger partial charge in [0.2, 0.25) is 5.91 Å². The Hall–Kier alpha value is -2.10. The Balaban J connectivity index is 2.36. The first-order valence-corrected chi connectivity index (χ1v) is 7.97. The summed E-state index contributed by atoms with van der Waals surface area (Å²) in [6.07, 6.45) is 0. The summed E-state index contributed by atoms with van der Waals surface area (Å²) in [5.41, 5.74) is 4.33. The van der Waals surface area contributed by atoms with Crippen LogP contribution in [0.15, 0.2) is 24.3 Å². The average Bonchev–Trinajstić information content (AvgIpc) is 2.78. The van der Waals surface area contributed by atoms with Crippen LogP contribution in [-0.4, -0.2) is 16.1 Å². The Bertz CT molecular complexity index is 698. The zero-order valence-corrected chi connectivity index (χ0v) is 15.2. The van der Waals surface area contributed by atoms with Crippen molar-refractivity contribution < 1.29 is 4.79 Å². The molecule has 4 nitrogen and oxygen atoms in total. The fraction of sp³-hybridized carbons (Fsp3) is 0.474. The summed E-state index contributed by atoms with van der Waals surface area (Å²) in [5.74, 6) is -0.0189. The molecule has 1 aromatic carbocycles. The van der Waals surface area contributed by atoms with Gasteiger partial charge < -0.3 is 5.32 Å². The van der Waals surface area contributed by atoms with Gasteiger partial charge in [-0.2, -0.15) is 5.10 Å². The van der Waals surface area contributed by atoms with E-state index in [2.05, 4.69) is 60.6 Å². The molecule has 0 saturated heterocycles. The standard InChI is InChI=1S/C19H27N3O/c1-12-15(20-17(23)19(5,6)7)16(22-21-12)13-8-10-14(11-9-13)18(2,3)4/h8-11H,1-7H3,(H,20,23)(H,21,22). The number of hydrogen-bond acceptors (Lipinski definition) is 2. The van der Waals surface area contributed by atoms with E-state index < -0.39 is 5.41 Å². The van der Waals surface area contributed by atoms with Crippen LogP contribution in [0.1, 0.15) is 52.8 Å². The van der Waals surface area contributed by atoms with E-state index in [1.165, 1.54) is 5.56 Å². The monoisotopic (exact) mass is 313 g/mol. The predicted octanol–water partition coefficient (Wildman–Crippen LogP) is 4.67. The summed E-state index contributed by atoms with van der Waals surface area (Å²) in [4.78, 5) is 12.3. The molecule has 2 rings (SSSR count). The number of H-pyrrole nitrogens is 1. The van der Waals surface area contributed by atoms with E-state index in [1.807, 2.05) is 27.7 Å². The Morgan fingerprint density at radius 1 is 1.04 bits per heavy atom. The van der Waals surface area contributed by atoms with E-state index >= 15 is 0 Å². The highest BCUT2D eigenvalue weighted by Gasteiger charge is 2.24. The van der Waals surface area contributed by atoms with Gasteiger partial charge in [-0.05, 0) is 17.9 Å². The maximum Gasteiger partial charge on any atom is 0.229 e. The lowest BCUT2D eigenvalue weighted by Gasteiger charge is -2.19. The first-order valence-electron chi connectivity index (χ1n) is 7.97. The molecule has 124 valence electrons. The van der Waals surface area contributed by atoms with Crippen molar-refractivity contribution in [3.63, 3.8) is 0 Å². The molecule has 2 N–H and O–H groups in total. The van der Waals surface area contributed by atoms with Crippen molar-refractivity contribution in [2.75, 3.05) is 5.32 Å². The van der Waals surface area contributed by atoms with Crippen molar-refractivity contribution >= 4 is 11.6 Å². The first-order chi connectivity index (χ1) is 10.5. The molecular weight excluding hydrogens is 286 g/mol. The SMILES string of the molecule is Cc1[nH]nc(-c2ccc(C(C)(C)C)cc2)c1NC(=O)C(C)(C)C. The summed E-state index contributed by atoms with van der Waals surface area (Å²) >= 11 is 0. The molecule has 0 bridgehead atoms. The second-order valence-corrected chi connectivity index (χ2v) is 8.10. The molecule has 0 aliphatic rings. The van der Waals surface area contributed by atoms with Crippen molar-refractivity contribution in [1.82, 2.24) is 10.2 Å². The lowest BCUT2D eigenvalue weighted by molar-refractivity contribution is -0.123. The van der Waals surface area contributed by atoms with E-state index in [-0.39, 0.29) is 11.3 Å². The van der Waals surface area contributed by atoms with E-state index in [0.29, 0.717) is 0 Å². The van der Waals surface area contributed by atoms with Crippen LogP contribution in [0.5, 0.6) is 0 Å². The molecule has 4 heteroatoms. The highest BCUT2D eigenvalue weighted by molar-refractivity contribution is 5.98. The number of aryl methyl sites for hydroxylation is 1. The number of nitrogens with zero attached hydrogens (tertiary/aromatic N) is 1. The van der Waals surface area contributed by atoms with Crippen molar-refractivity contribution in [3.05, 3.63) is 35.5 Å². The van der Waals surface area contributed by atoms with Gasteiger partial charge in [0.15, 0.2) is 0 Å². The van der Waals surface area contributed by atoms with Gasteiger partial charge in [0.25, 0.3) is 0 Å². The summed E-state index contributed by atoms with van der Waals surface area (Å²) in [6.45, 7) is 14.2. The number of benzene rings is 1. The third kappa shape index (κ3) is 3.81. The van der Waals surface area contributed by atoms with Gasteiger partial charge in [-0.1, -0.05) is 65.8 Å². The van der Waals surface area contributed by atoms with Crippen LogP contribution in [0.3, 0.4) is 0 Å². The Morgan fingerprint density at radius 3 is 2.09 bits per heavy atom. The predicted molar refractivity (Wildman–Crippen MR) is 95.5 cm³/mol. The van der Waals surface area contributed by atoms with Crippen LogP contribution in [0.2, 0.25) is 0 Å². The Labute approximate surface area is 138 Å². The molecule has 0 atom stereocenters. The van der Waals surface area contributed by atoms with Gasteiger partial charge in [0.05, 0.1) is 11.4 Å². The zero-order chi connectivity index (χ0) is 17.4. The van der Waals surface area contributed by atoms with Gasteiger partial charge in [0, 0.05) is 11.0 Å². The summed E-state index contributed by atoms with van der Waals surface area (Å²) in [7, 11) is 0. The van der Waals surface area contributed by atoms with Crippen LogP contribution in [-0.2, 0) is 10.2 Å². The lowest BCUT2D eigenvalue weighted by Crippen LogP contribution is -2.28. The van der Waals surface area contributed by atoms with Crippen molar-refractivity contribution in [3.8, 4) is 11.3 Å². The van der Waals surface area contributed by atoms with Crippen LogP contribution in [0.4, 0.5) is 5.69 Å². The minimum absolute atomic E-state index is 0.0189. The first kappa shape index (κ1) is 17.3. The summed E-state index contributed by atoms with van der Waals surface area (Å²) in [5, 5.41) is 10.4. The molecule has 1 heterocycles. The van der Waals surface area contributed by atoms with Crippen LogP contribution >= 0.6 is 0 Å². The zero-order valence-electron chi connectivity index (χ0n) is 15.2. The third-order valence-electron chi connectivity index (χ3n) is 3.89. The van der Waals surface area contributed by atoms with Crippen LogP contribution in [0.25, 0.3) is 11.3 Å². The third-order valence-corrected chi connectivity index (χ3v) is 3.89. The Morgan fingerprint density at radius 2 is 1.61 bits per heavy atom. The summed E-state index contributed by atoms with van der Waals surface area (Å²) < 4.78 is 0. The largest absolute Gasteiger partial charge is 0.322 e. The van der Waals surface area contributed by atoms with Crippen molar-refractivity contribution in [1.29, 1.82) is 0 Å². The molecule has 0 fully saturated rings. The van der Waals surface area contributed by atoms with E-state index in [0.717, 1.165) is 22.6 Å². The lowest BCUT2D eigenvalue weighted by atomic mass is 9.86. The molecule has 0 spiro atoms. The normalized spacial score (nSPS) is 12.3. The molecule has 0 aliphatic heterocycles. The molecule has 0 aliphatic carbocycles. The maximum absolute atomic E-state index is 12.3. The Kier molecular flexibility index (Phi) is 4.38. The number of rotatable bonds is 2. The van der Waals surface area contributed by atoms with Gasteiger partial charge >= 0.3 is 0 Å². The van der Waals surface area contributed by atoms with E-state index in [9.17, 15) is 4.79 Å². The average molecular weight is 313 g/mol. The number of anilines is 1. The topological polar surface area (TPSA) is 57.8 Å². The smallest absolute Gasteiger partial charge is 0.229 e. The van der Waals surface area contributed by atoms with Crippen molar-refractivity contribution in [2.45, 2.75) is 53.9 Å². The number of nitrogens with one attached hydrogen (secondary N) is 2. The molecule has 1 aromatic heterocycles. The minimum atomic E-state index is -0.447. The highest BCUT2D eigenvalue weighted by atomic mass is 16.2. The van der Waals surface area contributed by atoms with E-state index in [4.69, 9.17) is 0 Å². The molecule has 0 saturated carbocycles. The molecule has 1 amide bonds.